The molecular weight excluding hydrogens is 284 g/mol. The molecule has 3 aromatic rings. The number of hydrogen-bond donors (Lipinski definition) is 0. The van der Waals surface area contributed by atoms with E-state index >= 15 is 0 Å². The van der Waals surface area contributed by atoms with Crippen LogP contribution >= 0.6 is 0 Å². The van der Waals surface area contributed by atoms with E-state index in [0.29, 0.717) is 5.88 Å². The zero-order valence-electron chi connectivity index (χ0n) is 12.6. The van der Waals surface area contributed by atoms with E-state index in [4.69, 9.17) is 11.2 Å². The predicted octanol–water partition coefficient (Wildman–Crippen LogP) is 3.67. The molecule has 1 aromatic heterocycles. The molecule has 3 heteroatoms. The Kier molecular flexibility index (Phi) is 4.66. The summed E-state index contributed by atoms with van der Waals surface area (Å²) in [6.45, 7) is 0.181. The minimum Gasteiger partial charge on any atom is -0.464 e. The molecule has 0 N–H and O–H groups in total. The van der Waals surface area contributed by atoms with Gasteiger partial charge >= 0.3 is 0 Å². The fraction of sp³-hybridized carbons (Fsp3) is 0.100. The van der Waals surface area contributed by atoms with Crippen molar-refractivity contribution >= 4 is 0 Å². The molecule has 0 radical (unpaired) electrons. The first kappa shape index (κ1) is 14.8. The molecule has 0 aliphatic carbocycles. The van der Waals surface area contributed by atoms with E-state index in [0.717, 1.165) is 16.7 Å². The van der Waals surface area contributed by atoms with Gasteiger partial charge in [0.2, 0.25) is 5.88 Å². The van der Waals surface area contributed by atoms with Crippen molar-refractivity contribution in [2.24, 2.45) is 0 Å². The molecule has 0 fully saturated rings. The third-order valence-electron chi connectivity index (χ3n) is 3.57. The molecule has 0 saturated heterocycles. The van der Waals surface area contributed by atoms with Crippen molar-refractivity contribution in [2.75, 3.05) is 6.61 Å². The molecule has 3 nitrogen and oxygen atoms in total. The van der Waals surface area contributed by atoms with Crippen LogP contribution in [-0.4, -0.2) is 16.6 Å². The fourth-order valence-electron chi connectivity index (χ4n) is 2.60. The molecule has 0 aliphatic rings. The summed E-state index contributed by atoms with van der Waals surface area (Å²) in [5.41, 5.74) is 3.21. The summed E-state index contributed by atoms with van der Waals surface area (Å²) in [7, 11) is 0. The van der Waals surface area contributed by atoms with Gasteiger partial charge < -0.3 is 4.74 Å². The Labute approximate surface area is 136 Å². The second kappa shape index (κ2) is 7.24. The van der Waals surface area contributed by atoms with E-state index in [1.54, 1.807) is 6.20 Å². The van der Waals surface area contributed by atoms with Crippen LogP contribution in [0.5, 0.6) is 5.88 Å². The lowest BCUT2D eigenvalue weighted by molar-refractivity contribution is 0.349. The number of nitrogens with zero attached hydrogens (tertiary/aromatic N) is 2. The summed E-state index contributed by atoms with van der Waals surface area (Å²) in [5, 5.41) is 0. The SMILES string of the molecule is C#CCOc1ncncc1C(c1ccccc1)c1ccccc1. The first-order valence-electron chi connectivity index (χ1n) is 7.36. The Morgan fingerprint density at radius 2 is 1.57 bits per heavy atom. The minimum atomic E-state index is -0.00799. The molecule has 0 bridgehead atoms. The van der Waals surface area contributed by atoms with Crippen molar-refractivity contribution in [3.63, 3.8) is 0 Å². The highest BCUT2D eigenvalue weighted by Gasteiger charge is 2.21. The Bertz CT molecular complexity index is 755. The minimum absolute atomic E-state index is 0.00799. The van der Waals surface area contributed by atoms with Crippen LogP contribution in [0.4, 0.5) is 0 Å². The highest BCUT2D eigenvalue weighted by Crippen LogP contribution is 2.35. The van der Waals surface area contributed by atoms with Gasteiger partial charge in [-0.25, -0.2) is 9.97 Å². The summed E-state index contributed by atoms with van der Waals surface area (Å²) < 4.78 is 5.62. The summed E-state index contributed by atoms with van der Waals surface area (Å²) >= 11 is 0. The second-order valence-corrected chi connectivity index (χ2v) is 5.03. The van der Waals surface area contributed by atoms with Crippen LogP contribution in [0.2, 0.25) is 0 Å². The summed E-state index contributed by atoms with van der Waals surface area (Å²) in [6.07, 6.45) is 8.58. The van der Waals surface area contributed by atoms with Crippen LogP contribution < -0.4 is 4.74 Å². The van der Waals surface area contributed by atoms with E-state index in [-0.39, 0.29) is 12.5 Å². The molecule has 3 rings (SSSR count). The number of aromatic nitrogens is 2. The number of benzene rings is 2. The van der Waals surface area contributed by atoms with Crippen molar-refractivity contribution in [1.29, 1.82) is 0 Å². The summed E-state index contributed by atoms with van der Waals surface area (Å²) in [6, 6.07) is 20.5. The van der Waals surface area contributed by atoms with E-state index in [1.807, 2.05) is 36.4 Å². The predicted molar refractivity (Wildman–Crippen MR) is 90.2 cm³/mol. The maximum atomic E-state index is 5.62. The maximum absolute atomic E-state index is 5.62. The molecule has 0 atom stereocenters. The average molecular weight is 300 g/mol. The van der Waals surface area contributed by atoms with Crippen LogP contribution in [0, 0.1) is 12.3 Å². The Hall–Kier alpha value is -3.12. The average Bonchev–Trinajstić information content (AvgIpc) is 2.63. The van der Waals surface area contributed by atoms with Gasteiger partial charge in [-0.15, -0.1) is 6.42 Å². The van der Waals surface area contributed by atoms with Crippen LogP contribution in [-0.2, 0) is 0 Å². The van der Waals surface area contributed by atoms with Gasteiger partial charge in [0.05, 0.1) is 0 Å². The van der Waals surface area contributed by atoms with Crippen LogP contribution in [0.15, 0.2) is 73.2 Å². The van der Waals surface area contributed by atoms with Gasteiger partial charge in [0.1, 0.15) is 6.33 Å². The van der Waals surface area contributed by atoms with Crippen molar-refractivity contribution in [2.45, 2.75) is 5.92 Å². The lowest BCUT2D eigenvalue weighted by Crippen LogP contribution is -2.08. The Morgan fingerprint density at radius 1 is 0.957 bits per heavy atom. The molecule has 23 heavy (non-hydrogen) atoms. The standard InChI is InChI=1S/C20H16N2O/c1-2-13-23-20-18(14-21-15-22-20)19(16-9-5-3-6-10-16)17-11-7-4-8-12-17/h1,3-12,14-15,19H,13H2. The van der Waals surface area contributed by atoms with Crippen molar-refractivity contribution in [3.8, 4) is 18.2 Å². The first-order valence-corrected chi connectivity index (χ1v) is 7.36. The monoisotopic (exact) mass is 300 g/mol. The van der Waals surface area contributed by atoms with Crippen LogP contribution in [0.1, 0.15) is 22.6 Å². The van der Waals surface area contributed by atoms with E-state index in [9.17, 15) is 0 Å². The molecule has 0 spiro atoms. The quantitative estimate of drug-likeness (QED) is 0.674. The van der Waals surface area contributed by atoms with Gasteiger partial charge in [0, 0.05) is 17.7 Å². The van der Waals surface area contributed by atoms with Crippen molar-refractivity contribution < 1.29 is 4.74 Å². The fourth-order valence-corrected chi connectivity index (χ4v) is 2.60. The smallest absolute Gasteiger partial charge is 0.221 e. The van der Waals surface area contributed by atoms with Gasteiger partial charge in [0.25, 0.3) is 0 Å². The zero-order valence-corrected chi connectivity index (χ0v) is 12.6. The first-order chi connectivity index (χ1) is 11.4. The lowest BCUT2D eigenvalue weighted by atomic mass is 9.86. The molecule has 0 aliphatic heterocycles. The molecular formula is C20H16N2O. The Balaban J connectivity index is 2.12. The molecule has 1 heterocycles. The second-order valence-electron chi connectivity index (χ2n) is 5.03. The molecule has 0 unspecified atom stereocenters. The Morgan fingerprint density at radius 3 is 2.13 bits per heavy atom. The lowest BCUT2D eigenvalue weighted by Gasteiger charge is -2.20. The normalized spacial score (nSPS) is 10.3. The van der Waals surface area contributed by atoms with Crippen molar-refractivity contribution in [3.05, 3.63) is 89.9 Å². The topological polar surface area (TPSA) is 35.0 Å². The third kappa shape index (κ3) is 3.38. The van der Waals surface area contributed by atoms with Crippen LogP contribution in [0.3, 0.4) is 0 Å². The number of rotatable bonds is 5. The third-order valence-corrected chi connectivity index (χ3v) is 3.57. The van der Waals surface area contributed by atoms with Gasteiger partial charge in [0.15, 0.2) is 6.61 Å². The van der Waals surface area contributed by atoms with Crippen LogP contribution in [0.25, 0.3) is 0 Å². The number of terminal acetylenes is 1. The van der Waals surface area contributed by atoms with Crippen molar-refractivity contribution in [1.82, 2.24) is 9.97 Å². The molecule has 2 aromatic carbocycles. The highest BCUT2D eigenvalue weighted by molar-refractivity contribution is 5.45. The number of hydrogen-bond acceptors (Lipinski definition) is 3. The summed E-state index contributed by atoms with van der Waals surface area (Å²) in [4.78, 5) is 8.44. The van der Waals surface area contributed by atoms with E-state index in [2.05, 4.69) is 40.2 Å². The highest BCUT2D eigenvalue weighted by atomic mass is 16.5. The van der Waals surface area contributed by atoms with E-state index in [1.165, 1.54) is 6.33 Å². The summed E-state index contributed by atoms with van der Waals surface area (Å²) in [5.74, 6) is 3.00. The van der Waals surface area contributed by atoms with E-state index < -0.39 is 0 Å². The molecule has 0 saturated carbocycles. The van der Waals surface area contributed by atoms with Gasteiger partial charge in [-0.2, -0.15) is 0 Å². The zero-order chi connectivity index (χ0) is 15.9. The maximum Gasteiger partial charge on any atom is 0.221 e. The van der Waals surface area contributed by atoms with Gasteiger partial charge in [-0.05, 0) is 11.1 Å². The largest absolute Gasteiger partial charge is 0.464 e. The van der Waals surface area contributed by atoms with Gasteiger partial charge in [-0.3, -0.25) is 0 Å². The molecule has 0 amide bonds. The molecule has 112 valence electrons. The number of ether oxygens (including phenoxy) is 1. The van der Waals surface area contributed by atoms with Gasteiger partial charge in [-0.1, -0.05) is 66.6 Å².